The van der Waals surface area contributed by atoms with Crippen molar-refractivity contribution in [2.45, 2.75) is 0 Å². The number of aliphatic hydroxyl groups is 1. The first-order valence-electron chi connectivity index (χ1n) is 2.36. The molecule has 13 heavy (non-hydrogen) atoms. The Bertz CT molecular complexity index is 189. The van der Waals surface area contributed by atoms with Crippen molar-refractivity contribution in [3.8, 4) is 0 Å². The molecule has 2 N–H and O–H groups in total. The summed E-state index contributed by atoms with van der Waals surface area (Å²) < 4.78 is 1.60. The van der Waals surface area contributed by atoms with Crippen LogP contribution in [0.5, 0.6) is 0 Å². The van der Waals surface area contributed by atoms with E-state index < -0.39 is 0 Å². The van der Waals surface area contributed by atoms with Crippen molar-refractivity contribution in [1.82, 2.24) is 5.32 Å². The predicted octanol–water partition coefficient (Wildman–Crippen LogP) is -0.254. The first-order chi connectivity index (χ1) is 4.81. The second-order valence-electron chi connectivity index (χ2n) is 1.25. The summed E-state index contributed by atoms with van der Waals surface area (Å²) in [7, 11) is 0. The molecule has 0 rings (SSSR count). The van der Waals surface area contributed by atoms with Crippen LogP contribution in [-0.4, -0.2) is 15.9 Å². The van der Waals surface area contributed by atoms with Gasteiger partial charge in [-0.3, -0.25) is 0 Å². The predicted molar refractivity (Wildman–Crippen MR) is 33.4 cm³/mol. The fourth-order valence-electron chi connectivity index (χ4n) is 0.237. The van der Waals surface area contributed by atoms with Crippen molar-refractivity contribution < 1.29 is 112 Å². The summed E-state index contributed by atoms with van der Waals surface area (Å²) in [5, 5.41) is 10.8. The van der Waals surface area contributed by atoms with E-state index in [1.807, 2.05) is 0 Å². The number of hydrogen-bond donors (Lipinski definition) is 2. The topological polar surface area (TPSA) is 49.3 Å². The third-order valence-electron chi connectivity index (χ3n) is 0.581. The molecule has 0 aromatic carbocycles. The minimum absolute atomic E-state index is 0. The van der Waals surface area contributed by atoms with E-state index in [0.29, 0.717) is 0 Å². The molecule has 0 saturated carbocycles. The van der Waals surface area contributed by atoms with E-state index in [1.54, 1.807) is 4.40 Å². The summed E-state index contributed by atoms with van der Waals surface area (Å²) in [5.41, 5.74) is 0. The molecule has 0 atom stereocenters. The molecule has 3 nitrogen and oxygen atoms in total. The molecule has 0 fully saturated rings. The van der Waals surface area contributed by atoms with Crippen LogP contribution < -0.4 is 5.32 Å². The molecule has 0 aromatic rings. The van der Waals surface area contributed by atoms with Crippen LogP contribution in [0.2, 0.25) is 0 Å². The van der Waals surface area contributed by atoms with Gasteiger partial charge in [-0.1, -0.05) is 0 Å². The average Bonchev–Trinajstić information content (AvgIpc) is 1.98. The van der Waals surface area contributed by atoms with E-state index in [0.717, 1.165) is 19.4 Å². The van der Waals surface area contributed by atoms with Gasteiger partial charge in [0.05, 0.1) is 0 Å². The monoisotopic (exact) mass is 685 g/mol. The maximum absolute atomic E-state index is 9.51. The summed E-state index contributed by atoms with van der Waals surface area (Å²) in [6.07, 6.45) is 6.56. The summed E-state index contributed by atoms with van der Waals surface area (Å²) in [6, 6.07) is 0. The first-order valence-corrected chi connectivity index (χ1v) is 4.06. The Balaban J connectivity index is -0.000000135. The van der Waals surface area contributed by atoms with Crippen LogP contribution in [0.4, 0.5) is 0 Å². The first kappa shape index (κ1) is 24.3. The summed E-state index contributed by atoms with van der Waals surface area (Å²) in [4.78, 5) is 9.51. The Morgan fingerprint density at radius 1 is 1.54 bits per heavy atom. The number of aliphatic hydroxyl groups excluding tert-OH is 1. The number of amides is 1. The van der Waals surface area contributed by atoms with Crippen LogP contribution in [0.3, 0.4) is 0 Å². The molecular formula is C6H5NO2UVWY-2. The van der Waals surface area contributed by atoms with Crippen molar-refractivity contribution in [2.24, 2.45) is 0 Å². The van der Waals surface area contributed by atoms with E-state index in [4.69, 9.17) is 5.11 Å². The molecular weight excluding hydrogens is 680 g/mol. The van der Waals surface area contributed by atoms with E-state index in [1.165, 1.54) is 18.6 Å². The van der Waals surface area contributed by atoms with Gasteiger partial charge < -0.3 is 0 Å². The molecule has 7 heteroatoms. The normalized spacial score (nSPS) is 8.77. The van der Waals surface area contributed by atoms with E-state index in [2.05, 4.69) is 11.5 Å². The van der Waals surface area contributed by atoms with Gasteiger partial charge in [0.1, 0.15) is 0 Å². The van der Waals surface area contributed by atoms with Gasteiger partial charge in [0.2, 0.25) is 0 Å². The number of carbonyl (C=O) groups excluding carboxylic acids is 1. The van der Waals surface area contributed by atoms with Crippen LogP contribution >= 0.6 is 0 Å². The SMILES string of the molecule is O=[C-]N[C-]=CC=C(O)[CH]=[W].[U].[V].[Y]. The number of nitrogens with one attached hydrogen (secondary N) is 1. The molecule has 0 heterocycles. The summed E-state index contributed by atoms with van der Waals surface area (Å²) in [5.74, 6) is 0.162. The Hall–Kier alpha value is 2.05. The molecule has 0 aliphatic carbocycles. The third kappa shape index (κ3) is 20.2. The van der Waals surface area contributed by atoms with Gasteiger partial charge in [-0.05, 0) is 0 Å². The number of hydrogen-bond acceptors (Lipinski definition) is 2. The van der Waals surface area contributed by atoms with Crippen LogP contribution in [0.25, 0.3) is 0 Å². The average molecular weight is 685 g/mol. The molecule has 2 radical (unpaired) electrons. The number of allylic oxidation sites excluding steroid dienone is 3. The van der Waals surface area contributed by atoms with Crippen molar-refractivity contribution in [3.63, 3.8) is 0 Å². The Morgan fingerprint density at radius 2 is 2.08 bits per heavy atom. The van der Waals surface area contributed by atoms with E-state index in [9.17, 15) is 4.79 Å². The molecule has 0 unspecified atom stereocenters. The van der Waals surface area contributed by atoms with Gasteiger partial charge in [0.15, 0.2) is 0 Å². The van der Waals surface area contributed by atoms with Crippen LogP contribution in [0.15, 0.2) is 17.9 Å². The fourth-order valence-corrected chi connectivity index (χ4v) is 0.520. The van der Waals surface area contributed by atoms with Gasteiger partial charge in [-0.25, -0.2) is 0 Å². The Labute approximate surface area is 149 Å². The zero-order valence-corrected chi connectivity index (χ0v) is 17.9. The summed E-state index contributed by atoms with van der Waals surface area (Å²) >= 11 is 1.16. The maximum Gasteiger partial charge on any atom is 0 e. The zero-order chi connectivity index (χ0) is 7.82. The minimum atomic E-state index is 0. The molecule has 1 amide bonds. The van der Waals surface area contributed by atoms with Gasteiger partial charge in [-0.2, -0.15) is 0 Å². The molecule has 0 bridgehead atoms. The Morgan fingerprint density at radius 3 is 2.46 bits per heavy atom. The Kier molecular flexibility index (Phi) is 36.7. The second kappa shape index (κ2) is 19.6. The molecule has 0 aliphatic rings. The maximum atomic E-state index is 9.51. The van der Waals surface area contributed by atoms with Gasteiger partial charge in [0.25, 0.3) is 0 Å². The van der Waals surface area contributed by atoms with Gasteiger partial charge in [-0.15, -0.1) is 0 Å². The molecule has 0 saturated heterocycles. The second-order valence-corrected chi connectivity index (χ2v) is 2.09. The molecule has 66 valence electrons. The molecule has 0 aliphatic heterocycles. The molecule has 0 aromatic heterocycles. The van der Waals surface area contributed by atoms with E-state index in [-0.39, 0.29) is 88.1 Å². The third-order valence-corrected chi connectivity index (χ3v) is 1.45. The minimum Gasteiger partial charge on any atom is 0 e. The van der Waals surface area contributed by atoms with Gasteiger partial charge >= 0.3 is 69.5 Å². The van der Waals surface area contributed by atoms with Crippen LogP contribution in [0.1, 0.15) is 0 Å². The smallest absolute Gasteiger partial charge is 0 e. The van der Waals surface area contributed by atoms with Crippen molar-refractivity contribution in [1.29, 1.82) is 0 Å². The van der Waals surface area contributed by atoms with Crippen molar-refractivity contribution in [2.75, 3.05) is 0 Å². The quantitative estimate of drug-likeness (QED) is 0.186. The van der Waals surface area contributed by atoms with Crippen LogP contribution in [0, 0.1) is 37.3 Å². The van der Waals surface area contributed by atoms with Crippen LogP contribution in [-0.2, 0) is 75.4 Å². The zero-order valence-electron chi connectivity index (χ0n) is 6.52. The molecule has 0 spiro atoms. The van der Waals surface area contributed by atoms with E-state index >= 15 is 0 Å². The standard InChI is InChI=1S/C6H5NO2.U.V.W.Y/c1-6(9)3-2-4-7-5-8;;;;/h1-3,9H,(H,7,8);;;;/q-2;;;;. The van der Waals surface area contributed by atoms with Crippen molar-refractivity contribution in [3.05, 3.63) is 24.1 Å². The largest absolute Gasteiger partial charge is 0 e. The number of rotatable bonds is 4. The fraction of sp³-hybridized carbons (Fsp3) is 0. The van der Waals surface area contributed by atoms with Crippen molar-refractivity contribution >= 4 is 10.8 Å². The van der Waals surface area contributed by atoms with Gasteiger partial charge in [0, 0.05) is 82.4 Å². The summed E-state index contributed by atoms with van der Waals surface area (Å²) in [6.45, 7) is 0.